The summed E-state index contributed by atoms with van der Waals surface area (Å²) < 4.78 is 0. The van der Waals surface area contributed by atoms with Gasteiger partial charge >= 0.3 is 0 Å². The summed E-state index contributed by atoms with van der Waals surface area (Å²) in [5.74, 6) is 0.794. The highest BCUT2D eigenvalue weighted by atomic mass is 16.7. The molecule has 7 heteroatoms. The minimum absolute atomic E-state index is 0.0477. The average Bonchev–Trinajstić information content (AvgIpc) is 2.97. The fourth-order valence-corrected chi connectivity index (χ4v) is 3.04. The van der Waals surface area contributed by atoms with Gasteiger partial charge in [0.2, 0.25) is 0 Å². The van der Waals surface area contributed by atoms with Crippen molar-refractivity contribution in [3.8, 4) is 0 Å². The van der Waals surface area contributed by atoms with E-state index >= 15 is 0 Å². The zero-order valence-corrected chi connectivity index (χ0v) is 13.9. The molecule has 1 aromatic rings. The molecule has 3 rings (SSSR count). The molecular weight excluding hydrogens is 294 g/mol. The van der Waals surface area contributed by atoms with Gasteiger partial charge in [0.15, 0.2) is 5.60 Å². The maximum absolute atomic E-state index is 12.4. The number of hydrogen-bond donors (Lipinski definition) is 0. The lowest BCUT2D eigenvalue weighted by molar-refractivity contribution is -0.124. The third-order valence-corrected chi connectivity index (χ3v) is 4.59. The van der Waals surface area contributed by atoms with Crippen molar-refractivity contribution in [2.75, 3.05) is 25.0 Å². The molecule has 0 bridgehead atoms. The summed E-state index contributed by atoms with van der Waals surface area (Å²) in [6, 6.07) is 0.143. The standard InChI is InChI=1S/C16H23N5O2/c1-12(2)20(3)15(22)13-9-16(23-19-13)5-4-8-21(11-16)14-10-17-6-7-18-14/h6-7,10,12H,4-5,8-9,11H2,1-3H3/t16-/m1/s1. The van der Waals surface area contributed by atoms with Crippen molar-refractivity contribution in [3.05, 3.63) is 18.6 Å². The van der Waals surface area contributed by atoms with Gasteiger partial charge in [-0.1, -0.05) is 5.16 Å². The number of oxime groups is 1. The SMILES string of the molecule is CC(C)N(C)C(=O)C1=NO[C@]2(CCCN(c3cnccn3)C2)C1. The second kappa shape index (κ2) is 6.14. The number of aromatic nitrogens is 2. The normalized spacial score (nSPS) is 23.8. The van der Waals surface area contributed by atoms with Crippen LogP contribution in [0, 0.1) is 0 Å². The molecular formula is C16H23N5O2. The Labute approximate surface area is 136 Å². The van der Waals surface area contributed by atoms with Crippen LogP contribution in [0.15, 0.2) is 23.7 Å². The molecule has 2 aliphatic heterocycles. The molecule has 7 nitrogen and oxygen atoms in total. The largest absolute Gasteiger partial charge is 0.386 e. The van der Waals surface area contributed by atoms with Gasteiger partial charge in [-0.2, -0.15) is 0 Å². The Balaban J connectivity index is 1.69. The van der Waals surface area contributed by atoms with E-state index in [2.05, 4.69) is 20.0 Å². The van der Waals surface area contributed by atoms with Crippen LogP contribution in [-0.4, -0.2) is 58.3 Å². The van der Waals surface area contributed by atoms with Gasteiger partial charge in [-0.3, -0.25) is 9.78 Å². The van der Waals surface area contributed by atoms with E-state index in [1.807, 2.05) is 13.8 Å². The van der Waals surface area contributed by atoms with Crippen molar-refractivity contribution in [2.24, 2.45) is 5.16 Å². The van der Waals surface area contributed by atoms with E-state index in [1.54, 1.807) is 30.5 Å². The smallest absolute Gasteiger partial charge is 0.271 e. The predicted octanol–water partition coefficient (Wildman–Crippen LogP) is 1.46. The maximum Gasteiger partial charge on any atom is 0.271 e. The molecule has 0 N–H and O–H groups in total. The molecule has 3 heterocycles. The van der Waals surface area contributed by atoms with Crippen molar-refractivity contribution in [1.82, 2.24) is 14.9 Å². The fraction of sp³-hybridized carbons (Fsp3) is 0.625. The van der Waals surface area contributed by atoms with Gasteiger partial charge in [-0.15, -0.1) is 0 Å². The van der Waals surface area contributed by atoms with Gasteiger partial charge < -0.3 is 14.6 Å². The first-order valence-electron chi connectivity index (χ1n) is 8.04. The molecule has 0 saturated carbocycles. The molecule has 1 aromatic heterocycles. The van der Waals surface area contributed by atoms with Crippen LogP contribution in [-0.2, 0) is 9.63 Å². The van der Waals surface area contributed by atoms with Crippen LogP contribution >= 0.6 is 0 Å². The van der Waals surface area contributed by atoms with E-state index in [9.17, 15) is 4.79 Å². The van der Waals surface area contributed by atoms with Crippen LogP contribution in [0.3, 0.4) is 0 Å². The van der Waals surface area contributed by atoms with Gasteiger partial charge in [0, 0.05) is 38.4 Å². The minimum atomic E-state index is -0.418. The van der Waals surface area contributed by atoms with Crippen LogP contribution in [0.4, 0.5) is 5.82 Å². The van der Waals surface area contributed by atoms with Crippen molar-refractivity contribution < 1.29 is 9.63 Å². The Hall–Kier alpha value is -2.18. The zero-order chi connectivity index (χ0) is 16.4. The van der Waals surface area contributed by atoms with E-state index in [0.29, 0.717) is 18.7 Å². The zero-order valence-electron chi connectivity index (χ0n) is 13.9. The number of piperidine rings is 1. The molecule has 2 aliphatic rings. The molecule has 1 atom stereocenters. The lowest BCUT2D eigenvalue weighted by Gasteiger charge is -2.38. The number of anilines is 1. The number of nitrogens with zero attached hydrogens (tertiary/aromatic N) is 5. The first-order chi connectivity index (χ1) is 11.0. The minimum Gasteiger partial charge on any atom is -0.386 e. The van der Waals surface area contributed by atoms with Crippen LogP contribution in [0.25, 0.3) is 0 Å². The summed E-state index contributed by atoms with van der Waals surface area (Å²) in [5, 5.41) is 4.11. The highest BCUT2D eigenvalue weighted by Crippen LogP contribution is 2.35. The summed E-state index contributed by atoms with van der Waals surface area (Å²) in [5.41, 5.74) is 0.0979. The fourth-order valence-electron chi connectivity index (χ4n) is 3.04. The van der Waals surface area contributed by atoms with E-state index in [0.717, 1.165) is 25.2 Å². The summed E-state index contributed by atoms with van der Waals surface area (Å²) >= 11 is 0. The summed E-state index contributed by atoms with van der Waals surface area (Å²) in [7, 11) is 1.80. The predicted molar refractivity (Wildman–Crippen MR) is 87.3 cm³/mol. The van der Waals surface area contributed by atoms with E-state index in [-0.39, 0.29) is 11.9 Å². The molecule has 23 heavy (non-hydrogen) atoms. The number of amides is 1. The van der Waals surface area contributed by atoms with Crippen molar-refractivity contribution in [3.63, 3.8) is 0 Å². The molecule has 1 saturated heterocycles. The van der Waals surface area contributed by atoms with E-state index in [4.69, 9.17) is 4.84 Å². The number of carbonyl (C=O) groups excluding carboxylic acids is 1. The first-order valence-corrected chi connectivity index (χ1v) is 8.04. The van der Waals surface area contributed by atoms with E-state index in [1.165, 1.54) is 0 Å². The number of rotatable bonds is 3. The second-order valence-electron chi connectivity index (χ2n) is 6.59. The van der Waals surface area contributed by atoms with Gasteiger partial charge in [-0.05, 0) is 26.7 Å². The highest BCUT2D eigenvalue weighted by molar-refractivity contribution is 6.39. The van der Waals surface area contributed by atoms with Crippen LogP contribution in [0.2, 0.25) is 0 Å². The Morgan fingerprint density at radius 2 is 2.26 bits per heavy atom. The number of hydrogen-bond acceptors (Lipinski definition) is 6. The van der Waals surface area contributed by atoms with E-state index < -0.39 is 5.60 Å². The number of carbonyl (C=O) groups is 1. The summed E-state index contributed by atoms with van der Waals surface area (Å²) in [6.45, 7) is 5.57. The molecule has 0 unspecified atom stereocenters. The molecule has 1 spiro atoms. The Morgan fingerprint density at radius 3 is 2.96 bits per heavy atom. The van der Waals surface area contributed by atoms with Gasteiger partial charge in [0.25, 0.3) is 5.91 Å². The molecule has 1 fully saturated rings. The first kappa shape index (κ1) is 15.7. The van der Waals surface area contributed by atoms with Crippen molar-refractivity contribution >= 4 is 17.4 Å². The third-order valence-electron chi connectivity index (χ3n) is 4.59. The van der Waals surface area contributed by atoms with Crippen LogP contribution in [0.1, 0.15) is 33.1 Å². The molecule has 0 aliphatic carbocycles. The third kappa shape index (κ3) is 3.13. The Morgan fingerprint density at radius 1 is 1.43 bits per heavy atom. The topological polar surface area (TPSA) is 70.9 Å². The maximum atomic E-state index is 12.4. The van der Waals surface area contributed by atoms with Gasteiger partial charge in [-0.25, -0.2) is 4.98 Å². The summed E-state index contributed by atoms with van der Waals surface area (Å²) in [4.78, 5) is 30.5. The van der Waals surface area contributed by atoms with Crippen LogP contribution < -0.4 is 4.90 Å². The lowest BCUT2D eigenvalue weighted by Crippen LogP contribution is -2.49. The Bertz CT molecular complexity index is 604. The highest BCUT2D eigenvalue weighted by Gasteiger charge is 2.45. The van der Waals surface area contributed by atoms with Crippen molar-refractivity contribution in [2.45, 2.75) is 44.8 Å². The van der Waals surface area contributed by atoms with Gasteiger partial charge in [0.05, 0.1) is 12.7 Å². The van der Waals surface area contributed by atoms with Gasteiger partial charge in [0.1, 0.15) is 11.5 Å². The van der Waals surface area contributed by atoms with Crippen molar-refractivity contribution in [1.29, 1.82) is 0 Å². The average molecular weight is 317 g/mol. The quantitative estimate of drug-likeness (QED) is 0.844. The Kier molecular flexibility index (Phi) is 4.19. The molecule has 1 amide bonds. The molecule has 124 valence electrons. The lowest BCUT2D eigenvalue weighted by atomic mass is 9.88. The monoisotopic (exact) mass is 317 g/mol. The molecule has 0 radical (unpaired) electrons. The molecule has 0 aromatic carbocycles. The second-order valence-corrected chi connectivity index (χ2v) is 6.59. The van der Waals surface area contributed by atoms with Crippen LogP contribution in [0.5, 0.6) is 0 Å². The summed E-state index contributed by atoms with van der Waals surface area (Å²) in [6.07, 6.45) is 7.54.